The summed E-state index contributed by atoms with van der Waals surface area (Å²) < 4.78 is 5.38. The fourth-order valence-corrected chi connectivity index (χ4v) is 4.77. The topological polar surface area (TPSA) is 36.9 Å². The predicted molar refractivity (Wildman–Crippen MR) is 90.2 cm³/mol. The second kappa shape index (κ2) is 7.84. The van der Waals surface area contributed by atoms with E-state index in [9.17, 15) is 0 Å². The average molecular weight is 311 g/mol. The summed E-state index contributed by atoms with van der Waals surface area (Å²) in [5.41, 5.74) is 0.544. The van der Waals surface area contributed by atoms with Crippen molar-refractivity contribution < 1.29 is 4.74 Å². The van der Waals surface area contributed by atoms with Crippen LogP contribution in [0.1, 0.15) is 38.5 Å². The van der Waals surface area contributed by atoms with E-state index in [0.29, 0.717) is 5.41 Å². The van der Waals surface area contributed by atoms with Crippen LogP contribution in [0.5, 0.6) is 0 Å². The SMILES string of the molecule is C1CCC2(CC1)CN=C(NCCCN1CCOCC1)SC2. The monoisotopic (exact) mass is 311 g/mol. The van der Waals surface area contributed by atoms with Crippen molar-refractivity contribution in [3.63, 3.8) is 0 Å². The van der Waals surface area contributed by atoms with Crippen molar-refractivity contribution in [2.75, 3.05) is 51.7 Å². The summed E-state index contributed by atoms with van der Waals surface area (Å²) in [5, 5.41) is 4.73. The Hall–Kier alpha value is -0.260. The van der Waals surface area contributed by atoms with Crippen molar-refractivity contribution in [2.24, 2.45) is 10.4 Å². The van der Waals surface area contributed by atoms with E-state index in [1.165, 1.54) is 56.0 Å². The Bertz CT molecular complexity index is 349. The molecular weight excluding hydrogens is 282 g/mol. The Balaban J connectivity index is 1.32. The van der Waals surface area contributed by atoms with E-state index in [-0.39, 0.29) is 0 Å². The highest BCUT2D eigenvalue weighted by molar-refractivity contribution is 8.13. The van der Waals surface area contributed by atoms with Crippen LogP contribution in [0, 0.1) is 5.41 Å². The first kappa shape index (κ1) is 15.6. The van der Waals surface area contributed by atoms with Crippen molar-refractivity contribution in [3.05, 3.63) is 0 Å². The molecule has 0 aromatic rings. The quantitative estimate of drug-likeness (QED) is 0.809. The molecule has 3 rings (SSSR count). The lowest BCUT2D eigenvalue weighted by molar-refractivity contribution is 0.0376. The van der Waals surface area contributed by atoms with Gasteiger partial charge in [-0.05, 0) is 31.2 Å². The molecule has 1 N–H and O–H groups in total. The minimum Gasteiger partial charge on any atom is -0.379 e. The van der Waals surface area contributed by atoms with Gasteiger partial charge in [0.15, 0.2) is 5.17 Å². The summed E-state index contributed by atoms with van der Waals surface area (Å²) in [6.45, 7) is 7.28. The Morgan fingerprint density at radius 2 is 2.00 bits per heavy atom. The van der Waals surface area contributed by atoms with Crippen LogP contribution >= 0.6 is 11.8 Å². The summed E-state index contributed by atoms with van der Waals surface area (Å²) in [4.78, 5) is 7.32. The molecule has 2 heterocycles. The Morgan fingerprint density at radius 1 is 1.19 bits per heavy atom. The highest BCUT2D eigenvalue weighted by Gasteiger charge is 2.34. The lowest BCUT2D eigenvalue weighted by Crippen LogP contribution is -2.39. The maximum Gasteiger partial charge on any atom is 0.156 e. The molecule has 1 aliphatic carbocycles. The number of hydrogen-bond donors (Lipinski definition) is 1. The third-order valence-corrected chi connectivity index (χ3v) is 6.32. The van der Waals surface area contributed by atoms with Gasteiger partial charge in [0.1, 0.15) is 0 Å². The van der Waals surface area contributed by atoms with E-state index in [1.807, 2.05) is 11.8 Å². The second-order valence-electron chi connectivity index (χ2n) is 6.71. The number of ether oxygens (including phenoxy) is 1. The first-order chi connectivity index (χ1) is 10.4. The van der Waals surface area contributed by atoms with Crippen molar-refractivity contribution in [3.8, 4) is 0 Å². The number of thioether (sulfide) groups is 1. The molecular formula is C16H29N3OS. The highest BCUT2D eigenvalue weighted by atomic mass is 32.2. The molecule has 0 amide bonds. The third-order valence-electron chi connectivity index (χ3n) is 5.02. The molecule has 3 aliphatic rings. The van der Waals surface area contributed by atoms with Crippen LogP contribution in [-0.2, 0) is 4.74 Å². The maximum absolute atomic E-state index is 5.38. The van der Waals surface area contributed by atoms with Crippen LogP contribution < -0.4 is 5.32 Å². The number of hydrogen-bond acceptors (Lipinski definition) is 5. The smallest absolute Gasteiger partial charge is 0.156 e. The largest absolute Gasteiger partial charge is 0.379 e. The van der Waals surface area contributed by atoms with Gasteiger partial charge in [-0.2, -0.15) is 0 Å². The molecule has 120 valence electrons. The van der Waals surface area contributed by atoms with Crippen molar-refractivity contribution in [1.82, 2.24) is 10.2 Å². The van der Waals surface area contributed by atoms with E-state index < -0.39 is 0 Å². The molecule has 1 saturated heterocycles. The number of nitrogens with one attached hydrogen (secondary N) is 1. The van der Waals surface area contributed by atoms with Crippen molar-refractivity contribution >= 4 is 16.9 Å². The van der Waals surface area contributed by atoms with Gasteiger partial charge in [0.2, 0.25) is 0 Å². The van der Waals surface area contributed by atoms with Gasteiger partial charge in [-0.1, -0.05) is 31.0 Å². The lowest BCUT2D eigenvalue weighted by Gasteiger charge is -2.38. The lowest BCUT2D eigenvalue weighted by atomic mass is 9.75. The zero-order valence-electron chi connectivity index (χ0n) is 13.1. The maximum atomic E-state index is 5.38. The first-order valence-corrected chi connectivity index (χ1v) is 9.56. The molecule has 5 heteroatoms. The normalized spacial score (nSPS) is 26.6. The van der Waals surface area contributed by atoms with Gasteiger partial charge in [-0.3, -0.25) is 9.89 Å². The number of rotatable bonds is 4. The van der Waals surface area contributed by atoms with Gasteiger partial charge < -0.3 is 10.1 Å². The van der Waals surface area contributed by atoms with E-state index in [0.717, 1.165) is 39.4 Å². The van der Waals surface area contributed by atoms with Crippen LogP contribution in [0.25, 0.3) is 0 Å². The number of morpholine rings is 1. The van der Waals surface area contributed by atoms with Gasteiger partial charge in [0, 0.05) is 31.9 Å². The summed E-state index contributed by atoms with van der Waals surface area (Å²) in [6.07, 6.45) is 8.26. The van der Waals surface area contributed by atoms with Gasteiger partial charge >= 0.3 is 0 Å². The van der Waals surface area contributed by atoms with E-state index in [1.54, 1.807) is 0 Å². The molecule has 1 spiro atoms. The average Bonchev–Trinajstić information content (AvgIpc) is 2.55. The Morgan fingerprint density at radius 3 is 2.71 bits per heavy atom. The van der Waals surface area contributed by atoms with Gasteiger partial charge in [0.25, 0.3) is 0 Å². The molecule has 0 unspecified atom stereocenters. The van der Waals surface area contributed by atoms with Crippen LogP contribution in [0.4, 0.5) is 0 Å². The molecule has 4 nitrogen and oxygen atoms in total. The molecule has 0 radical (unpaired) electrons. The summed E-state index contributed by atoms with van der Waals surface area (Å²) in [5.74, 6) is 1.28. The van der Waals surface area contributed by atoms with Gasteiger partial charge in [0.05, 0.1) is 13.2 Å². The zero-order valence-corrected chi connectivity index (χ0v) is 13.9. The zero-order chi connectivity index (χ0) is 14.4. The predicted octanol–water partition coefficient (Wildman–Crippen LogP) is 2.35. The summed E-state index contributed by atoms with van der Waals surface area (Å²) in [7, 11) is 0. The number of aliphatic imine (C=N–C) groups is 1. The van der Waals surface area contributed by atoms with E-state index in [4.69, 9.17) is 9.73 Å². The standard InChI is InChI=1S/C16H29N3OS/c1-2-5-16(6-3-1)13-18-15(21-14-16)17-7-4-8-19-9-11-20-12-10-19/h1-14H2,(H,17,18). The van der Waals surface area contributed by atoms with E-state index in [2.05, 4.69) is 10.2 Å². The second-order valence-corrected chi connectivity index (χ2v) is 7.67. The molecule has 0 aromatic heterocycles. The fraction of sp³-hybridized carbons (Fsp3) is 0.938. The van der Waals surface area contributed by atoms with Crippen LogP contribution in [-0.4, -0.2) is 61.8 Å². The first-order valence-electron chi connectivity index (χ1n) is 8.58. The van der Waals surface area contributed by atoms with Gasteiger partial charge in [-0.15, -0.1) is 0 Å². The third kappa shape index (κ3) is 4.60. The minimum atomic E-state index is 0.544. The van der Waals surface area contributed by atoms with Crippen LogP contribution in [0.2, 0.25) is 0 Å². The molecule has 2 fully saturated rings. The molecule has 0 aromatic carbocycles. The molecule has 0 bridgehead atoms. The summed E-state index contributed by atoms with van der Waals surface area (Å²) >= 11 is 1.96. The number of nitrogens with zero attached hydrogens (tertiary/aromatic N) is 2. The molecule has 0 atom stereocenters. The molecule has 1 saturated carbocycles. The van der Waals surface area contributed by atoms with E-state index >= 15 is 0 Å². The Labute approximate surface area is 133 Å². The molecule has 21 heavy (non-hydrogen) atoms. The van der Waals surface area contributed by atoms with Crippen LogP contribution in [0.3, 0.4) is 0 Å². The highest BCUT2D eigenvalue weighted by Crippen LogP contribution is 2.41. The Kier molecular flexibility index (Phi) is 5.83. The molecule has 2 aliphatic heterocycles. The number of amidine groups is 1. The fourth-order valence-electron chi connectivity index (χ4n) is 3.59. The summed E-state index contributed by atoms with van der Waals surface area (Å²) in [6, 6.07) is 0. The minimum absolute atomic E-state index is 0.544. The van der Waals surface area contributed by atoms with Crippen LogP contribution in [0.15, 0.2) is 4.99 Å². The van der Waals surface area contributed by atoms with Gasteiger partial charge in [-0.25, -0.2) is 0 Å². The van der Waals surface area contributed by atoms with Crippen molar-refractivity contribution in [2.45, 2.75) is 38.5 Å². The van der Waals surface area contributed by atoms with Crippen molar-refractivity contribution in [1.29, 1.82) is 0 Å².